The first-order chi connectivity index (χ1) is 46.1. The maximum absolute atomic E-state index is 15.2. The summed E-state index contributed by atoms with van der Waals surface area (Å²) in [6.07, 6.45) is 2.39. The number of pyridine rings is 4. The summed E-state index contributed by atoms with van der Waals surface area (Å²) in [5, 5.41) is 26.3. The molecule has 0 N–H and O–H groups in total. The summed E-state index contributed by atoms with van der Waals surface area (Å²) in [5.74, 6) is 0. The first kappa shape index (κ1) is 56.4. The lowest BCUT2D eigenvalue weighted by Crippen LogP contribution is -2.07. The highest BCUT2D eigenvalue weighted by atomic mass is 19.4. The van der Waals surface area contributed by atoms with Crippen molar-refractivity contribution in [3.05, 3.63) is 314 Å². The fraction of sp³-hybridized carbons (Fsp3) is 0.0120. The normalized spacial score (nSPS) is 11.5. The summed E-state index contributed by atoms with van der Waals surface area (Å²) in [6, 6.07) is 93.0. The first-order valence-electron chi connectivity index (χ1n) is 30.6. The van der Waals surface area contributed by atoms with Gasteiger partial charge >= 0.3 is 6.18 Å². The highest BCUT2D eigenvalue weighted by Crippen LogP contribution is 2.45. The lowest BCUT2D eigenvalue weighted by atomic mass is 9.96. The minimum absolute atomic E-state index is 0.133. The van der Waals surface area contributed by atoms with Gasteiger partial charge in [0.05, 0.1) is 73.4 Å². The number of hydrogen-bond acceptors (Lipinski definition) is 6. The third kappa shape index (κ3) is 10.3. The van der Waals surface area contributed by atoms with Crippen LogP contribution in [0, 0.1) is 22.7 Å². The Morgan fingerprint density at radius 1 is 0.277 bits per heavy atom. The smallest absolute Gasteiger partial charge is 0.308 e. The maximum Gasteiger partial charge on any atom is 0.416 e. The number of nitrogens with zero attached hydrogens (tertiary/aromatic N) is 8. The zero-order valence-electron chi connectivity index (χ0n) is 50.0. The van der Waals surface area contributed by atoms with Crippen molar-refractivity contribution in [3.8, 4) is 124 Å². The van der Waals surface area contributed by atoms with E-state index < -0.39 is 11.7 Å². The largest absolute Gasteiger partial charge is 0.416 e. The van der Waals surface area contributed by atoms with Crippen LogP contribution in [0.5, 0.6) is 0 Å². The minimum Gasteiger partial charge on any atom is -0.308 e. The van der Waals surface area contributed by atoms with Crippen LogP contribution in [-0.2, 0) is 6.18 Å². The summed E-state index contributed by atoms with van der Waals surface area (Å²) >= 11 is 0. The molecular formula is C83H49F3N8. The van der Waals surface area contributed by atoms with Gasteiger partial charge in [0.1, 0.15) is 11.6 Å². The van der Waals surface area contributed by atoms with Crippen molar-refractivity contribution in [1.82, 2.24) is 29.1 Å². The number of aromatic nitrogens is 6. The van der Waals surface area contributed by atoms with E-state index in [2.05, 4.69) is 112 Å². The number of halogens is 3. The second-order valence-corrected chi connectivity index (χ2v) is 23.2. The predicted molar refractivity (Wildman–Crippen MR) is 370 cm³/mol. The molecule has 94 heavy (non-hydrogen) atoms. The Morgan fingerprint density at radius 3 is 0.862 bits per heavy atom. The van der Waals surface area contributed by atoms with E-state index in [0.717, 1.165) is 145 Å². The van der Waals surface area contributed by atoms with Crippen LogP contribution in [0.2, 0.25) is 0 Å². The number of benzene rings is 10. The molecule has 0 unspecified atom stereocenters. The van der Waals surface area contributed by atoms with E-state index in [4.69, 9.17) is 19.9 Å². The van der Waals surface area contributed by atoms with Crippen LogP contribution in [0.1, 0.15) is 16.7 Å². The molecule has 0 amide bonds. The molecule has 0 bridgehead atoms. The fourth-order valence-corrected chi connectivity index (χ4v) is 13.1. The van der Waals surface area contributed by atoms with E-state index >= 15 is 13.2 Å². The van der Waals surface area contributed by atoms with E-state index in [1.54, 1.807) is 36.9 Å². The zero-order chi connectivity index (χ0) is 63.4. The molecule has 0 spiro atoms. The van der Waals surface area contributed by atoms with E-state index in [-0.39, 0.29) is 16.7 Å². The van der Waals surface area contributed by atoms with Gasteiger partial charge in [0.15, 0.2) is 0 Å². The Hall–Kier alpha value is -12.8. The standard InChI is InChI=1S/C83H49F3N8/c84-83(85,86)67-38-52(50-87)37-65(39-67)66-48-81(93-77-44-57(61-29-33-89-73(40-61)53-13-5-1-6-14-53)21-25-68(77)69-26-22-58(45-78(69)93)62-30-34-90-74(41-62)54-15-7-2-8-16-54)72(51-88)82(49-66)94-79-46-59(63-31-35-91-75(42-63)55-17-9-3-10-18-55)23-27-70(79)71-28-24-60(47-80(71)94)64-32-36-92-76(43-64)56-19-11-4-12-20-56/h1-49H. The molecule has 16 rings (SSSR count). The third-order valence-corrected chi connectivity index (χ3v) is 17.6. The average molecular weight is 1220 g/mol. The van der Waals surface area contributed by atoms with Gasteiger partial charge in [-0.1, -0.05) is 170 Å². The Labute approximate surface area is 538 Å². The lowest BCUT2D eigenvalue weighted by Gasteiger charge is -2.20. The van der Waals surface area contributed by atoms with Crippen molar-refractivity contribution in [2.45, 2.75) is 6.18 Å². The molecule has 0 saturated heterocycles. The van der Waals surface area contributed by atoms with Crippen LogP contribution in [0.15, 0.2) is 298 Å². The van der Waals surface area contributed by atoms with Crippen molar-refractivity contribution in [2.75, 3.05) is 0 Å². The summed E-state index contributed by atoms with van der Waals surface area (Å²) in [5.41, 5.74) is 17.3. The first-order valence-corrected chi connectivity index (χ1v) is 30.6. The molecule has 0 saturated carbocycles. The highest BCUT2D eigenvalue weighted by molar-refractivity contribution is 6.13. The van der Waals surface area contributed by atoms with E-state index in [1.807, 2.05) is 152 Å². The third-order valence-electron chi connectivity index (χ3n) is 17.6. The monoisotopic (exact) mass is 1210 g/mol. The van der Waals surface area contributed by atoms with E-state index in [9.17, 15) is 10.5 Å². The summed E-state index contributed by atoms with van der Waals surface area (Å²) in [6.45, 7) is 0. The molecule has 10 aromatic carbocycles. The van der Waals surface area contributed by atoms with Crippen molar-refractivity contribution in [3.63, 3.8) is 0 Å². The quantitative estimate of drug-likeness (QED) is 0.128. The van der Waals surface area contributed by atoms with Gasteiger partial charge in [-0.25, -0.2) is 0 Å². The number of alkyl halides is 3. The zero-order valence-corrected chi connectivity index (χ0v) is 50.0. The topological polar surface area (TPSA) is 109 Å². The molecule has 0 atom stereocenters. The van der Waals surface area contributed by atoms with Gasteiger partial charge in [0, 0.05) is 68.6 Å². The number of nitriles is 2. The molecule has 6 heterocycles. The Balaban J connectivity index is 1.01. The molecule has 11 heteroatoms. The molecule has 0 aliphatic carbocycles. The summed E-state index contributed by atoms with van der Waals surface area (Å²) in [7, 11) is 0. The highest BCUT2D eigenvalue weighted by Gasteiger charge is 2.32. The summed E-state index contributed by atoms with van der Waals surface area (Å²) < 4.78 is 49.9. The number of rotatable bonds is 11. The van der Waals surface area contributed by atoms with Crippen LogP contribution in [0.3, 0.4) is 0 Å². The van der Waals surface area contributed by atoms with Gasteiger partial charge in [-0.3, -0.25) is 19.9 Å². The van der Waals surface area contributed by atoms with Gasteiger partial charge in [0.2, 0.25) is 0 Å². The molecule has 0 fully saturated rings. The van der Waals surface area contributed by atoms with Crippen molar-refractivity contribution in [2.24, 2.45) is 0 Å². The average Bonchev–Trinajstić information content (AvgIpc) is 1.55. The van der Waals surface area contributed by atoms with Gasteiger partial charge in [-0.05, 0) is 159 Å². The van der Waals surface area contributed by atoms with Gasteiger partial charge in [0.25, 0.3) is 0 Å². The molecule has 8 nitrogen and oxygen atoms in total. The van der Waals surface area contributed by atoms with Gasteiger partial charge < -0.3 is 9.13 Å². The minimum atomic E-state index is -4.81. The molecule has 0 radical (unpaired) electrons. The van der Waals surface area contributed by atoms with E-state index in [0.29, 0.717) is 16.9 Å². The van der Waals surface area contributed by atoms with Crippen LogP contribution in [0.25, 0.3) is 156 Å². The van der Waals surface area contributed by atoms with E-state index in [1.165, 1.54) is 6.07 Å². The lowest BCUT2D eigenvalue weighted by molar-refractivity contribution is -0.137. The fourth-order valence-electron chi connectivity index (χ4n) is 13.1. The van der Waals surface area contributed by atoms with Crippen LogP contribution >= 0.6 is 0 Å². The van der Waals surface area contributed by atoms with Crippen molar-refractivity contribution >= 4 is 43.6 Å². The van der Waals surface area contributed by atoms with Crippen LogP contribution < -0.4 is 0 Å². The Kier molecular flexibility index (Phi) is 13.9. The second kappa shape index (κ2) is 23.2. The molecule has 6 aromatic heterocycles. The molecule has 0 aliphatic heterocycles. The summed E-state index contributed by atoms with van der Waals surface area (Å²) in [4.78, 5) is 19.1. The molecule has 0 aliphatic rings. The molecule has 442 valence electrons. The Morgan fingerprint density at radius 2 is 0.574 bits per heavy atom. The number of fused-ring (bicyclic) bond motifs is 6. The van der Waals surface area contributed by atoms with Crippen molar-refractivity contribution < 1.29 is 13.2 Å². The molecular weight excluding hydrogens is 1170 g/mol. The molecule has 16 aromatic rings. The second-order valence-electron chi connectivity index (χ2n) is 23.2. The maximum atomic E-state index is 15.2. The predicted octanol–water partition coefficient (Wildman–Crippen LogP) is 21.2. The Bertz CT molecular complexity index is 5160. The van der Waals surface area contributed by atoms with Gasteiger partial charge in [-0.2, -0.15) is 23.7 Å². The number of hydrogen-bond donors (Lipinski definition) is 0. The SMILES string of the molecule is N#Cc1cc(-c2cc(-n3c4cc(-c5ccnc(-c6ccccc6)c5)ccc4c4ccc(-c5ccnc(-c6ccccc6)c5)cc43)c(C#N)c(-n3c4cc(-c5ccnc(-c6ccccc6)c5)ccc4c4ccc(-c5ccnc(-c6ccccc6)c5)cc43)c2)cc(C(F)(F)F)c1. The van der Waals surface area contributed by atoms with Crippen molar-refractivity contribution in [1.29, 1.82) is 10.5 Å². The van der Waals surface area contributed by atoms with Gasteiger partial charge in [-0.15, -0.1) is 0 Å². The van der Waals surface area contributed by atoms with Crippen LogP contribution in [-0.4, -0.2) is 29.1 Å². The van der Waals surface area contributed by atoms with Crippen LogP contribution in [0.4, 0.5) is 13.2 Å².